The fourth-order valence-electron chi connectivity index (χ4n) is 7.16. The zero-order valence-electron chi connectivity index (χ0n) is 20.6. The Morgan fingerprint density at radius 1 is 0.917 bits per heavy atom. The minimum Gasteiger partial charge on any atom is -0.452 e. The van der Waals surface area contributed by atoms with Crippen molar-refractivity contribution in [2.45, 2.75) is 80.7 Å². The fourth-order valence-corrected chi connectivity index (χ4v) is 8.00. The van der Waals surface area contributed by atoms with Gasteiger partial charge in [0.25, 0.3) is 5.91 Å². The third-order valence-corrected chi connectivity index (χ3v) is 9.26. The lowest BCUT2D eigenvalue weighted by Gasteiger charge is -2.56. The smallest absolute Gasteiger partial charge is 0.339 e. The number of rotatable bonds is 8. The molecule has 0 atom stereocenters. The number of ether oxygens (including phenoxy) is 1. The summed E-state index contributed by atoms with van der Waals surface area (Å²) in [5.74, 6) is 1.14. The van der Waals surface area contributed by atoms with Crippen LogP contribution in [0.15, 0.2) is 29.2 Å². The van der Waals surface area contributed by atoms with E-state index in [1.165, 1.54) is 31.0 Å². The lowest BCUT2D eigenvalue weighted by atomic mass is 9.53. The Kier molecular flexibility index (Phi) is 7.55. The predicted octanol–water partition coefficient (Wildman–Crippen LogP) is 3.79. The molecular weight excluding hydrogens is 478 g/mol. The Bertz CT molecular complexity index is 987. The number of imide groups is 1. The zero-order valence-corrected chi connectivity index (χ0v) is 21.4. The third-order valence-electron chi connectivity index (χ3n) is 8.19. The second-order valence-corrected chi connectivity index (χ2v) is 12.1. The molecule has 0 saturated heterocycles. The first-order valence-electron chi connectivity index (χ1n) is 13.2. The number of esters is 1. The minimum atomic E-state index is -0.682. The summed E-state index contributed by atoms with van der Waals surface area (Å²) in [4.78, 5) is 50.2. The molecule has 5 fully saturated rings. The van der Waals surface area contributed by atoms with E-state index in [2.05, 4.69) is 16.0 Å². The molecule has 5 aliphatic carbocycles. The van der Waals surface area contributed by atoms with Gasteiger partial charge in [0.1, 0.15) is 0 Å². The van der Waals surface area contributed by atoms with Gasteiger partial charge in [-0.2, -0.15) is 0 Å². The van der Waals surface area contributed by atoms with Gasteiger partial charge in [0.15, 0.2) is 6.61 Å². The summed E-state index contributed by atoms with van der Waals surface area (Å²) < 4.78 is 5.15. The summed E-state index contributed by atoms with van der Waals surface area (Å²) in [5, 5.41) is 8.33. The number of thioether (sulfide) groups is 1. The minimum absolute atomic E-state index is 0.00206. The van der Waals surface area contributed by atoms with E-state index in [0.717, 1.165) is 62.7 Å². The van der Waals surface area contributed by atoms with Crippen LogP contribution < -0.4 is 16.0 Å². The summed E-state index contributed by atoms with van der Waals surface area (Å²) in [7, 11) is 0. The van der Waals surface area contributed by atoms with E-state index >= 15 is 0 Å². The van der Waals surface area contributed by atoms with E-state index in [1.54, 1.807) is 24.3 Å². The number of carbonyl (C=O) groups is 4. The molecule has 0 radical (unpaired) electrons. The molecule has 8 nitrogen and oxygen atoms in total. The van der Waals surface area contributed by atoms with Gasteiger partial charge in [-0.25, -0.2) is 9.59 Å². The van der Waals surface area contributed by atoms with Crippen LogP contribution in [0.25, 0.3) is 0 Å². The van der Waals surface area contributed by atoms with Gasteiger partial charge in [-0.15, -0.1) is 11.8 Å². The number of amides is 4. The average molecular weight is 514 g/mol. The van der Waals surface area contributed by atoms with Gasteiger partial charge in [0.2, 0.25) is 5.91 Å². The van der Waals surface area contributed by atoms with Crippen LogP contribution in [0.4, 0.5) is 4.79 Å². The first kappa shape index (κ1) is 25.1. The molecule has 3 N–H and O–H groups in total. The van der Waals surface area contributed by atoms with Crippen molar-refractivity contribution < 1.29 is 23.9 Å². The van der Waals surface area contributed by atoms with E-state index in [9.17, 15) is 19.2 Å². The lowest BCUT2D eigenvalue weighted by Crippen LogP contribution is -2.60. The Labute approximate surface area is 216 Å². The number of hydrogen-bond acceptors (Lipinski definition) is 6. The van der Waals surface area contributed by atoms with Crippen LogP contribution in [0.1, 0.15) is 74.6 Å². The van der Waals surface area contributed by atoms with Crippen molar-refractivity contribution in [3.05, 3.63) is 29.8 Å². The number of benzene rings is 1. The molecule has 4 bridgehead atoms. The SMILES string of the molecule is O=C(COC(=O)c1ccccc1SCC(=O)NC12CC3CC(CC(C3)C1)C2)NC(=O)NC1CCCC1. The van der Waals surface area contributed by atoms with Crippen molar-refractivity contribution in [3.63, 3.8) is 0 Å². The summed E-state index contributed by atoms with van der Waals surface area (Å²) in [6, 6.07) is 6.43. The van der Waals surface area contributed by atoms with Crippen molar-refractivity contribution in [1.82, 2.24) is 16.0 Å². The first-order chi connectivity index (χ1) is 17.4. The first-order valence-corrected chi connectivity index (χ1v) is 14.2. The van der Waals surface area contributed by atoms with Gasteiger partial charge >= 0.3 is 12.0 Å². The van der Waals surface area contributed by atoms with Gasteiger partial charge in [0, 0.05) is 16.5 Å². The largest absolute Gasteiger partial charge is 0.452 e. The lowest BCUT2D eigenvalue weighted by molar-refractivity contribution is -0.124. The van der Waals surface area contributed by atoms with Crippen molar-refractivity contribution in [2.24, 2.45) is 17.8 Å². The molecule has 4 amide bonds. The van der Waals surface area contributed by atoms with Gasteiger partial charge < -0.3 is 15.4 Å². The molecule has 194 valence electrons. The Morgan fingerprint density at radius 3 is 2.22 bits per heavy atom. The van der Waals surface area contributed by atoms with Gasteiger partial charge in [0.05, 0.1) is 11.3 Å². The summed E-state index contributed by atoms with van der Waals surface area (Å²) >= 11 is 1.30. The summed E-state index contributed by atoms with van der Waals surface area (Å²) in [6.07, 6.45) is 11.2. The molecule has 0 aliphatic heterocycles. The van der Waals surface area contributed by atoms with E-state index in [1.807, 2.05) is 0 Å². The van der Waals surface area contributed by atoms with Crippen LogP contribution in [-0.4, -0.2) is 47.8 Å². The van der Waals surface area contributed by atoms with Crippen molar-refractivity contribution >= 4 is 35.6 Å². The highest BCUT2D eigenvalue weighted by atomic mass is 32.2. The third kappa shape index (κ3) is 6.05. The molecule has 0 aromatic heterocycles. The number of carbonyl (C=O) groups excluding carboxylic acids is 4. The van der Waals surface area contributed by atoms with Crippen LogP contribution in [0.3, 0.4) is 0 Å². The second kappa shape index (κ2) is 10.8. The highest BCUT2D eigenvalue weighted by Crippen LogP contribution is 2.55. The van der Waals surface area contributed by atoms with Gasteiger partial charge in [-0.05, 0) is 81.3 Å². The monoisotopic (exact) mass is 513 g/mol. The molecule has 9 heteroatoms. The normalized spacial score (nSPS) is 28.5. The predicted molar refractivity (Wildman–Crippen MR) is 135 cm³/mol. The van der Waals surface area contributed by atoms with Gasteiger partial charge in [-0.3, -0.25) is 14.9 Å². The highest BCUT2D eigenvalue weighted by Gasteiger charge is 2.51. The highest BCUT2D eigenvalue weighted by molar-refractivity contribution is 8.00. The number of urea groups is 1. The van der Waals surface area contributed by atoms with Gasteiger partial charge in [-0.1, -0.05) is 25.0 Å². The summed E-state index contributed by atoms with van der Waals surface area (Å²) in [6.45, 7) is -0.553. The van der Waals surface area contributed by atoms with Crippen LogP contribution in [0.5, 0.6) is 0 Å². The molecule has 0 unspecified atom stereocenters. The average Bonchev–Trinajstić information content (AvgIpc) is 3.33. The maximum Gasteiger partial charge on any atom is 0.339 e. The van der Waals surface area contributed by atoms with Crippen LogP contribution in [0, 0.1) is 17.8 Å². The number of hydrogen-bond donors (Lipinski definition) is 3. The molecule has 6 rings (SSSR count). The molecule has 0 heterocycles. The second-order valence-electron chi connectivity index (χ2n) is 11.1. The standard InChI is InChI=1S/C27H35N3O5S/c31-23(29-26(34)28-20-5-1-2-6-20)15-35-25(33)21-7-3-4-8-22(21)36-16-24(32)30-27-12-17-9-18(13-27)11-19(10-17)14-27/h3-4,7-8,17-20H,1-2,5-6,9-16H2,(H,30,32)(H2,28,29,31,34). The molecule has 0 spiro atoms. The summed E-state index contributed by atoms with van der Waals surface area (Å²) in [5.41, 5.74) is 0.260. The molecule has 1 aromatic carbocycles. The fraction of sp³-hybridized carbons (Fsp3) is 0.630. The van der Waals surface area contributed by atoms with Crippen LogP contribution in [0.2, 0.25) is 0 Å². The molecule has 1 aromatic rings. The maximum absolute atomic E-state index is 12.9. The topological polar surface area (TPSA) is 114 Å². The van der Waals surface area contributed by atoms with Crippen molar-refractivity contribution in [1.29, 1.82) is 0 Å². The van der Waals surface area contributed by atoms with E-state index in [0.29, 0.717) is 10.5 Å². The molecule has 5 saturated carbocycles. The Hall–Kier alpha value is -2.55. The number of nitrogens with one attached hydrogen (secondary N) is 3. The quantitative estimate of drug-likeness (QED) is 0.360. The molecular formula is C27H35N3O5S. The molecule has 36 heavy (non-hydrogen) atoms. The van der Waals surface area contributed by atoms with E-state index in [-0.39, 0.29) is 23.2 Å². The van der Waals surface area contributed by atoms with Crippen LogP contribution >= 0.6 is 11.8 Å². The zero-order chi connectivity index (χ0) is 25.1. The maximum atomic E-state index is 12.9. The van der Waals surface area contributed by atoms with E-state index < -0.39 is 24.5 Å². The van der Waals surface area contributed by atoms with Crippen molar-refractivity contribution in [2.75, 3.05) is 12.4 Å². The molecule has 5 aliphatic rings. The van der Waals surface area contributed by atoms with Crippen LogP contribution in [-0.2, 0) is 14.3 Å². The Morgan fingerprint density at radius 2 is 1.56 bits per heavy atom. The Balaban J connectivity index is 1.09. The van der Waals surface area contributed by atoms with E-state index in [4.69, 9.17) is 4.74 Å². The van der Waals surface area contributed by atoms with Crippen molar-refractivity contribution in [3.8, 4) is 0 Å².